The van der Waals surface area contributed by atoms with Crippen LogP contribution in [0.1, 0.15) is 68.6 Å². The molecule has 296 valence electrons. The minimum Gasteiger partial charge on any atom is -0.448 e. The molecular weight excluding hydrogens is 719 g/mol. The molecule has 0 aliphatic heterocycles. The van der Waals surface area contributed by atoms with E-state index in [-0.39, 0.29) is 16.7 Å². The number of aliphatic hydroxyl groups excluding tert-OH is 1. The summed E-state index contributed by atoms with van der Waals surface area (Å²) in [6.45, 7) is 22.0. The van der Waals surface area contributed by atoms with Crippen molar-refractivity contribution in [3.8, 4) is 0 Å². The summed E-state index contributed by atoms with van der Waals surface area (Å²) >= 11 is 0. The molecule has 4 atom stereocenters. The van der Waals surface area contributed by atoms with Crippen LogP contribution in [-0.2, 0) is 37.9 Å². The number of aliphatic hydroxyl groups is 1. The number of ketones is 1. The van der Waals surface area contributed by atoms with Crippen molar-refractivity contribution in [2.75, 3.05) is 6.61 Å². The minimum atomic E-state index is -2.73. The molecule has 0 saturated carbocycles. The number of rotatable bonds is 18. The van der Waals surface area contributed by atoms with Crippen LogP contribution in [0.15, 0.2) is 121 Å². The molecule has 0 unspecified atom stereocenters. The molecule has 0 amide bonds. The third kappa shape index (κ3) is 12.4. The Kier molecular flexibility index (Phi) is 15.2. The number of esters is 1. The lowest BCUT2D eigenvalue weighted by Crippen LogP contribution is -2.59. The second kappa shape index (κ2) is 19.0. The Morgan fingerprint density at radius 1 is 0.636 bits per heavy atom. The van der Waals surface area contributed by atoms with Crippen LogP contribution in [0.5, 0.6) is 0 Å². The van der Waals surface area contributed by atoms with Gasteiger partial charge >= 0.3 is 5.97 Å². The van der Waals surface area contributed by atoms with Gasteiger partial charge in [0.1, 0.15) is 12.2 Å². The number of carbonyl (C=O) groups is 2. The number of nitrogens with zero attached hydrogens (tertiary/aromatic N) is 1. The molecule has 0 spiro atoms. The Morgan fingerprint density at radius 3 is 1.49 bits per heavy atom. The van der Waals surface area contributed by atoms with E-state index in [9.17, 15) is 9.90 Å². The van der Waals surface area contributed by atoms with Crippen molar-refractivity contribution in [2.24, 2.45) is 0 Å². The Hall–Kier alpha value is -3.71. The minimum absolute atomic E-state index is 0.140. The van der Waals surface area contributed by atoms with Crippen LogP contribution in [0.3, 0.4) is 0 Å². The number of benzene rings is 4. The maximum atomic E-state index is 15.3. The van der Waals surface area contributed by atoms with E-state index in [4.69, 9.17) is 13.6 Å². The average Bonchev–Trinajstić information content (AvgIpc) is 3.14. The molecule has 9 heteroatoms. The van der Waals surface area contributed by atoms with Crippen molar-refractivity contribution in [1.29, 1.82) is 0 Å². The first-order chi connectivity index (χ1) is 25.8. The van der Waals surface area contributed by atoms with Gasteiger partial charge < -0.3 is 18.7 Å². The Labute approximate surface area is 332 Å². The first-order valence-electron chi connectivity index (χ1n) is 19.4. The monoisotopic (exact) mass is 781 g/mol. The molecule has 0 heterocycles. The molecule has 4 rings (SSSR count). The summed E-state index contributed by atoms with van der Waals surface area (Å²) in [6.07, 6.45) is -3.50. The number of carbonyl (C=O) groups excluding carboxylic acids is 2. The van der Waals surface area contributed by atoms with Crippen LogP contribution in [0.2, 0.25) is 36.3 Å². The fourth-order valence-electron chi connectivity index (χ4n) is 5.87. The molecule has 4 aromatic carbocycles. The number of ether oxygens (including phenoxy) is 1. The van der Waals surface area contributed by atoms with Gasteiger partial charge in [-0.15, -0.1) is 0 Å². The highest BCUT2D eigenvalue weighted by Crippen LogP contribution is 2.39. The zero-order valence-corrected chi connectivity index (χ0v) is 36.6. The lowest BCUT2D eigenvalue weighted by molar-refractivity contribution is -0.145. The summed E-state index contributed by atoms with van der Waals surface area (Å²) in [5.41, 5.74) is 3.50. The van der Waals surface area contributed by atoms with Crippen LogP contribution >= 0.6 is 0 Å². The molecule has 0 bridgehead atoms. The number of hydrogen-bond acceptors (Lipinski definition) is 7. The predicted molar refractivity (Wildman–Crippen MR) is 228 cm³/mol. The molecule has 55 heavy (non-hydrogen) atoms. The van der Waals surface area contributed by atoms with Gasteiger partial charge in [0.2, 0.25) is 5.78 Å². The van der Waals surface area contributed by atoms with Crippen LogP contribution in [0.25, 0.3) is 0 Å². The topological polar surface area (TPSA) is 85.3 Å². The highest BCUT2D eigenvalue weighted by atomic mass is 28.4. The number of Topliss-reactive ketones (excluding diaryl/α,β-unsaturated/α-hetero) is 1. The summed E-state index contributed by atoms with van der Waals surface area (Å²) in [5.74, 6) is -1.13. The Bertz CT molecular complexity index is 1730. The molecule has 4 aromatic rings. The summed E-state index contributed by atoms with van der Waals surface area (Å²) in [4.78, 5) is 31.2. The van der Waals surface area contributed by atoms with Crippen LogP contribution in [0, 0.1) is 0 Å². The molecule has 1 N–H and O–H groups in total. The van der Waals surface area contributed by atoms with Gasteiger partial charge in [0.05, 0.1) is 12.2 Å². The first-order valence-corrected chi connectivity index (χ1v) is 25.3. The van der Waals surface area contributed by atoms with Crippen molar-refractivity contribution < 1.29 is 28.3 Å². The zero-order valence-electron chi connectivity index (χ0n) is 34.6. The van der Waals surface area contributed by atoms with E-state index < -0.39 is 52.7 Å². The normalized spacial score (nSPS) is 14.9. The van der Waals surface area contributed by atoms with E-state index in [1.165, 1.54) is 0 Å². The Balaban J connectivity index is 1.86. The molecule has 7 nitrogen and oxygen atoms in total. The van der Waals surface area contributed by atoms with E-state index in [0.29, 0.717) is 25.1 Å². The van der Waals surface area contributed by atoms with Gasteiger partial charge in [0.25, 0.3) is 0 Å². The van der Waals surface area contributed by atoms with Crippen molar-refractivity contribution >= 4 is 28.4 Å². The second-order valence-corrected chi connectivity index (χ2v) is 27.2. The average molecular weight is 782 g/mol. The van der Waals surface area contributed by atoms with Gasteiger partial charge in [0.15, 0.2) is 22.7 Å². The maximum absolute atomic E-state index is 15.3. The predicted octanol–water partition coefficient (Wildman–Crippen LogP) is 9.87. The Morgan fingerprint density at radius 2 is 1.05 bits per heavy atom. The second-order valence-electron chi connectivity index (χ2n) is 17.7. The largest absolute Gasteiger partial charge is 0.448 e. The van der Waals surface area contributed by atoms with Gasteiger partial charge in [-0.05, 0) is 71.5 Å². The smallest absolute Gasteiger partial charge is 0.338 e. The summed E-state index contributed by atoms with van der Waals surface area (Å²) in [7, 11) is -5.13. The lowest BCUT2D eigenvalue weighted by atomic mass is 9.92. The van der Waals surface area contributed by atoms with E-state index >= 15 is 4.79 Å². The SMILES string of the molecule is CC(C)(C)[Si](C)(C)OC[C@H](OC(=O)c1ccccc1)C(=O)[C@H](O[Si](C)(C)C(C)(C)C)[C@H](O)[C@@H](Cc1ccccc1)N(Cc1ccccc1)Cc1ccccc1. The van der Waals surface area contributed by atoms with Crippen molar-refractivity contribution in [1.82, 2.24) is 4.90 Å². The third-order valence-corrected chi connectivity index (χ3v) is 20.4. The maximum Gasteiger partial charge on any atom is 0.338 e. The molecule has 0 aromatic heterocycles. The van der Waals surface area contributed by atoms with Crippen LogP contribution in [0.4, 0.5) is 0 Å². The van der Waals surface area contributed by atoms with Crippen LogP contribution in [-0.4, -0.2) is 69.4 Å². The van der Waals surface area contributed by atoms with E-state index in [1.807, 2.05) is 72.8 Å². The first kappa shape index (κ1) is 44.0. The van der Waals surface area contributed by atoms with Gasteiger partial charge in [-0.2, -0.15) is 0 Å². The van der Waals surface area contributed by atoms with Crippen molar-refractivity contribution in [3.05, 3.63) is 144 Å². The van der Waals surface area contributed by atoms with Gasteiger partial charge in [-0.25, -0.2) is 4.79 Å². The zero-order chi connectivity index (χ0) is 40.4. The molecule has 0 radical (unpaired) electrons. The van der Waals surface area contributed by atoms with E-state index in [0.717, 1.165) is 16.7 Å². The van der Waals surface area contributed by atoms with Crippen molar-refractivity contribution in [2.45, 2.75) is 122 Å². The highest BCUT2D eigenvalue weighted by molar-refractivity contribution is 6.74. The fraction of sp³-hybridized carbons (Fsp3) is 0.435. The molecule has 0 aliphatic carbocycles. The molecule has 0 saturated heterocycles. The standard InChI is InChI=1S/C46H63NO6Si2/c1-45(2,3)54(7,8)51-34-40(52-44(50)38-29-21-14-22-30-38)42(49)43(53-55(9,10)46(4,5)6)41(48)39(31-35-23-15-11-16-24-35)47(32-36-25-17-12-18-26-36)33-37-27-19-13-20-28-37/h11-30,39-41,43,48H,31-34H2,1-10H3/t39-,40+,41-,43-/m1/s1. The van der Waals surface area contributed by atoms with Gasteiger partial charge in [-0.1, -0.05) is 151 Å². The van der Waals surface area contributed by atoms with Gasteiger partial charge in [0, 0.05) is 19.1 Å². The quantitative estimate of drug-likeness (QED) is 0.0795. The van der Waals surface area contributed by atoms with Crippen molar-refractivity contribution in [3.63, 3.8) is 0 Å². The van der Waals surface area contributed by atoms with E-state index in [2.05, 4.69) is 96.9 Å². The fourth-order valence-corrected chi connectivity index (χ4v) is 8.11. The van der Waals surface area contributed by atoms with Crippen LogP contribution < -0.4 is 0 Å². The number of hydrogen-bond donors (Lipinski definition) is 1. The summed E-state index contributed by atoms with van der Waals surface area (Å²) in [6, 6.07) is 38.5. The third-order valence-electron chi connectivity index (χ3n) is 11.4. The lowest BCUT2D eigenvalue weighted by Gasteiger charge is -2.44. The molecule has 0 aliphatic rings. The highest BCUT2D eigenvalue weighted by Gasteiger charge is 2.48. The summed E-state index contributed by atoms with van der Waals surface area (Å²) in [5, 5.41) is 12.5. The molecular formula is C46H63NO6Si2. The molecule has 0 fully saturated rings. The summed E-state index contributed by atoms with van der Waals surface area (Å²) < 4.78 is 19.8. The van der Waals surface area contributed by atoms with Gasteiger partial charge in [-0.3, -0.25) is 9.69 Å². The van der Waals surface area contributed by atoms with E-state index in [1.54, 1.807) is 24.3 Å².